The quantitative estimate of drug-likeness (QED) is 0.739. The van der Waals surface area contributed by atoms with Gasteiger partial charge >= 0.3 is 0 Å². The number of amides is 1. The Balaban J connectivity index is 2.57. The maximum atomic E-state index is 11.3. The molecule has 4 heteroatoms. The Labute approximate surface area is 101 Å². The third-order valence-electron chi connectivity index (χ3n) is 2.16. The molecule has 0 bridgehead atoms. The topological polar surface area (TPSA) is 64.3 Å². The zero-order chi connectivity index (χ0) is 12.7. The van der Waals surface area contributed by atoms with Crippen LogP contribution in [-0.2, 0) is 4.79 Å². The number of benzene rings is 1. The van der Waals surface area contributed by atoms with Crippen LogP contribution in [0.3, 0.4) is 0 Å². The highest BCUT2D eigenvalue weighted by Crippen LogP contribution is 2.22. The van der Waals surface area contributed by atoms with Crippen molar-refractivity contribution in [2.75, 3.05) is 13.2 Å². The third-order valence-corrected chi connectivity index (χ3v) is 2.16. The molecule has 1 rings (SSSR count). The maximum Gasteiger partial charge on any atom is 0.258 e. The second-order valence-electron chi connectivity index (χ2n) is 3.60. The zero-order valence-corrected chi connectivity index (χ0v) is 9.77. The van der Waals surface area contributed by atoms with Gasteiger partial charge in [-0.3, -0.25) is 4.79 Å². The average Bonchev–Trinajstić information content (AvgIpc) is 2.34. The summed E-state index contributed by atoms with van der Waals surface area (Å²) < 4.78 is 5.40. The van der Waals surface area contributed by atoms with Crippen LogP contribution in [0.25, 0.3) is 0 Å². The van der Waals surface area contributed by atoms with E-state index < -0.39 is 0 Å². The lowest BCUT2D eigenvalue weighted by molar-refractivity contribution is -0.122. The van der Waals surface area contributed by atoms with Crippen molar-refractivity contribution in [2.45, 2.75) is 13.0 Å². The van der Waals surface area contributed by atoms with Crippen LogP contribution in [0.1, 0.15) is 18.5 Å². The second kappa shape index (κ2) is 6.56. The molecule has 4 nitrogen and oxygen atoms in total. The highest BCUT2D eigenvalue weighted by molar-refractivity contribution is 5.77. The fraction of sp³-hybridized carbons (Fsp3) is 0.308. The van der Waals surface area contributed by atoms with Crippen LogP contribution in [0.2, 0.25) is 0 Å². The molecular formula is C13H16N2O2. The Hall–Kier alpha value is -1.99. The van der Waals surface area contributed by atoms with Crippen LogP contribution >= 0.6 is 0 Å². The van der Waals surface area contributed by atoms with Crippen molar-refractivity contribution in [3.63, 3.8) is 0 Å². The van der Waals surface area contributed by atoms with Gasteiger partial charge in [-0.2, -0.15) is 0 Å². The minimum absolute atomic E-state index is 0.0641. The number of carbonyl (C=O) groups is 1. The minimum Gasteiger partial charge on any atom is -0.483 e. The van der Waals surface area contributed by atoms with Gasteiger partial charge in [0.15, 0.2) is 6.61 Å². The Bertz CT molecular complexity index is 422. The van der Waals surface area contributed by atoms with Gasteiger partial charge < -0.3 is 15.8 Å². The molecule has 0 saturated heterocycles. The number of carbonyl (C=O) groups excluding carboxylic acids is 1. The van der Waals surface area contributed by atoms with E-state index in [4.69, 9.17) is 16.9 Å². The highest BCUT2D eigenvalue weighted by atomic mass is 16.5. The van der Waals surface area contributed by atoms with Crippen molar-refractivity contribution >= 4 is 5.91 Å². The smallest absolute Gasteiger partial charge is 0.258 e. The van der Waals surface area contributed by atoms with Crippen LogP contribution in [0.15, 0.2) is 24.3 Å². The third kappa shape index (κ3) is 4.17. The molecule has 1 amide bonds. The van der Waals surface area contributed by atoms with Crippen molar-refractivity contribution in [3.8, 4) is 18.1 Å². The maximum absolute atomic E-state index is 11.3. The highest BCUT2D eigenvalue weighted by Gasteiger charge is 2.08. The number of para-hydroxylation sites is 1. The van der Waals surface area contributed by atoms with Crippen molar-refractivity contribution in [2.24, 2.45) is 5.73 Å². The molecule has 0 aliphatic heterocycles. The molecule has 3 N–H and O–H groups in total. The standard InChI is InChI=1S/C13H16N2O2/c1-3-8-15-13(16)9-17-12-7-5-4-6-11(12)10(2)14/h1,4-7,10H,8-9,14H2,2H3,(H,15,16)/t10-/m0/s1. The molecule has 0 aromatic heterocycles. The Morgan fingerprint density at radius 3 is 2.94 bits per heavy atom. The first-order valence-electron chi connectivity index (χ1n) is 5.32. The summed E-state index contributed by atoms with van der Waals surface area (Å²) in [5.74, 6) is 2.69. The Kier molecular flexibility index (Phi) is 5.05. The molecule has 0 radical (unpaired) electrons. The van der Waals surface area contributed by atoms with Gasteiger partial charge in [-0.15, -0.1) is 6.42 Å². The molecule has 1 aromatic carbocycles. The molecule has 90 valence electrons. The number of ether oxygens (including phenoxy) is 1. The first-order chi connectivity index (χ1) is 8.15. The molecule has 0 heterocycles. The summed E-state index contributed by atoms with van der Waals surface area (Å²) in [5, 5.41) is 2.52. The summed E-state index contributed by atoms with van der Waals surface area (Å²) >= 11 is 0. The number of terminal acetylenes is 1. The predicted octanol–water partition coefficient (Wildman–Crippen LogP) is 0.834. The largest absolute Gasteiger partial charge is 0.483 e. The number of nitrogens with two attached hydrogens (primary N) is 1. The van der Waals surface area contributed by atoms with E-state index in [1.807, 2.05) is 25.1 Å². The number of hydrogen-bond acceptors (Lipinski definition) is 3. The monoisotopic (exact) mass is 232 g/mol. The van der Waals surface area contributed by atoms with E-state index in [9.17, 15) is 4.79 Å². The van der Waals surface area contributed by atoms with E-state index in [0.29, 0.717) is 5.75 Å². The lowest BCUT2D eigenvalue weighted by atomic mass is 10.1. The minimum atomic E-state index is -0.248. The SMILES string of the molecule is C#CCNC(=O)COc1ccccc1[C@H](C)N. The van der Waals surface area contributed by atoms with Crippen molar-refractivity contribution in [1.29, 1.82) is 0 Å². The molecule has 1 atom stereocenters. The Morgan fingerprint density at radius 2 is 2.29 bits per heavy atom. The van der Waals surface area contributed by atoms with E-state index in [-0.39, 0.29) is 25.1 Å². The van der Waals surface area contributed by atoms with Gasteiger partial charge in [0.2, 0.25) is 0 Å². The fourth-order valence-corrected chi connectivity index (χ4v) is 1.33. The lowest BCUT2D eigenvalue weighted by Crippen LogP contribution is -2.29. The van der Waals surface area contributed by atoms with Crippen molar-refractivity contribution in [1.82, 2.24) is 5.32 Å². The molecule has 0 aliphatic rings. The van der Waals surface area contributed by atoms with Crippen LogP contribution < -0.4 is 15.8 Å². The van der Waals surface area contributed by atoms with Gasteiger partial charge in [0.25, 0.3) is 5.91 Å². The van der Waals surface area contributed by atoms with E-state index in [2.05, 4.69) is 11.2 Å². The van der Waals surface area contributed by atoms with E-state index in [0.717, 1.165) is 5.56 Å². The molecule has 0 fully saturated rings. The van der Waals surface area contributed by atoms with Crippen LogP contribution in [0.5, 0.6) is 5.75 Å². The van der Waals surface area contributed by atoms with Crippen molar-refractivity contribution in [3.05, 3.63) is 29.8 Å². The number of rotatable bonds is 5. The first kappa shape index (κ1) is 13.1. The molecule has 0 unspecified atom stereocenters. The van der Waals surface area contributed by atoms with Crippen LogP contribution in [0.4, 0.5) is 0 Å². The zero-order valence-electron chi connectivity index (χ0n) is 9.77. The molecule has 0 saturated carbocycles. The van der Waals surface area contributed by atoms with Gasteiger partial charge in [0.05, 0.1) is 6.54 Å². The summed E-state index contributed by atoms with van der Waals surface area (Å²) in [6, 6.07) is 7.23. The number of hydrogen-bond donors (Lipinski definition) is 2. The van der Waals surface area contributed by atoms with Crippen LogP contribution in [-0.4, -0.2) is 19.1 Å². The first-order valence-corrected chi connectivity index (χ1v) is 5.32. The van der Waals surface area contributed by atoms with E-state index in [1.54, 1.807) is 6.07 Å². The summed E-state index contributed by atoms with van der Waals surface area (Å²) in [7, 11) is 0. The van der Waals surface area contributed by atoms with Gasteiger partial charge in [-0.1, -0.05) is 24.1 Å². The summed E-state index contributed by atoms with van der Waals surface area (Å²) in [4.78, 5) is 11.3. The molecule has 0 aliphatic carbocycles. The van der Waals surface area contributed by atoms with Gasteiger partial charge in [0.1, 0.15) is 5.75 Å². The molecule has 1 aromatic rings. The average molecular weight is 232 g/mol. The van der Waals surface area contributed by atoms with Gasteiger partial charge in [0, 0.05) is 11.6 Å². The van der Waals surface area contributed by atoms with Gasteiger partial charge in [-0.25, -0.2) is 0 Å². The summed E-state index contributed by atoms with van der Waals surface area (Å²) in [5.41, 5.74) is 6.67. The van der Waals surface area contributed by atoms with Gasteiger partial charge in [-0.05, 0) is 13.0 Å². The molecule has 17 heavy (non-hydrogen) atoms. The lowest BCUT2D eigenvalue weighted by Gasteiger charge is -2.13. The second-order valence-corrected chi connectivity index (χ2v) is 3.60. The summed E-state index contributed by atoms with van der Waals surface area (Å²) in [6.07, 6.45) is 5.03. The van der Waals surface area contributed by atoms with Crippen LogP contribution in [0, 0.1) is 12.3 Å². The summed E-state index contributed by atoms with van der Waals surface area (Å²) in [6.45, 7) is 2.00. The number of nitrogens with one attached hydrogen (secondary N) is 1. The van der Waals surface area contributed by atoms with Crippen molar-refractivity contribution < 1.29 is 9.53 Å². The fourth-order valence-electron chi connectivity index (χ4n) is 1.33. The normalized spacial score (nSPS) is 11.4. The Morgan fingerprint density at radius 1 is 1.59 bits per heavy atom. The predicted molar refractivity (Wildman–Crippen MR) is 66.4 cm³/mol. The molecular weight excluding hydrogens is 216 g/mol. The molecule has 0 spiro atoms. The van der Waals surface area contributed by atoms with E-state index in [1.165, 1.54) is 0 Å². The van der Waals surface area contributed by atoms with E-state index >= 15 is 0 Å².